The molecule has 0 spiro atoms. The molecule has 0 aromatic heterocycles. The summed E-state index contributed by atoms with van der Waals surface area (Å²) in [5.74, 6) is 7.12. The summed E-state index contributed by atoms with van der Waals surface area (Å²) in [5.41, 5.74) is 1.43. The second kappa shape index (κ2) is 9.26. The third-order valence-electron chi connectivity index (χ3n) is 7.07. The van der Waals surface area contributed by atoms with Crippen molar-refractivity contribution < 1.29 is 20.1 Å². The number of carbonyl (C=O) groups is 1. The van der Waals surface area contributed by atoms with Crippen molar-refractivity contribution in [3.05, 3.63) is 11.6 Å². The zero-order chi connectivity index (χ0) is 19.4. The van der Waals surface area contributed by atoms with Crippen molar-refractivity contribution in [3.63, 3.8) is 0 Å². The van der Waals surface area contributed by atoms with Gasteiger partial charge in [0.1, 0.15) is 6.10 Å². The average Bonchev–Trinajstić information content (AvgIpc) is 2.66. The van der Waals surface area contributed by atoms with Crippen LogP contribution in [0.25, 0.3) is 0 Å². The topological polar surface area (TPSA) is 77.8 Å². The minimum Gasteiger partial charge on any atom is -0.481 e. The predicted octanol–water partition coefficient (Wildman–Crippen LogP) is 3.77. The molecule has 27 heavy (non-hydrogen) atoms. The molecule has 4 heteroatoms. The Labute approximate surface area is 163 Å². The molecule has 3 aliphatic carbocycles. The van der Waals surface area contributed by atoms with Gasteiger partial charge in [0.15, 0.2) is 0 Å². The van der Waals surface area contributed by atoms with Crippen LogP contribution in [0.1, 0.15) is 71.1 Å². The first-order chi connectivity index (χ1) is 13.0. The second-order valence-corrected chi connectivity index (χ2v) is 8.76. The molecule has 3 saturated carbocycles. The predicted molar refractivity (Wildman–Crippen MR) is 105 cm³/mol. The number of aliphatic hydroxyl groups excluding tert-OH is 2. The number of hydrogen-bond acceptors (Lipinski definition) is 3. The Morgan fingerprint density at radius 3 is 2.67 bits per heavy atom. The largest absolute Gasteiger partial charge is 0.481 e. The van der Waals surface area contributed by atoms with Gasteiger partial charge in [0.05, 0.1) is 12.0 Å². The fraction of sp³-hybridized carbons (Fsp3) is 0.783. The molecule has 3 rings (SSSR count). The highest BCUT2D eigenvalue weighted by Gasteiger charge is 2.50. The zero-order valence-electron chi connectivity index (χ0n) is 16.4. The molecule has 0 heterocycles. The fourth-order valence-corrected chi connectivity index (χ4v) is 5.52. The molecule has 6 atom stereocenters. The van der Waals surface area contributed by atoms with Gasteiger partial charge in [-0.15, -0.1) is 0 Å². The van der Waals surface area contributed by atoms with Crippen molar-refractivity contribution in [2.24, 2.45) is 29.6 Å². The van der Waals surface area contributed by atoms with Crippen molar-refractivity contribution >= 4 is 5.97 Å². The normalized spacial score (nSPS) is 36.3. The Hall–Kier alpha value is -1.31. The lowest BCUT2D eigenvalue weighted by Gasteiger charge is -2.53. The van der Waals surface area contributed by atoms with E-state index in [-0.39, 0.29) is 12.3 Å². The number of carboxylic acids is 1. The third-order valence-corrected chi connectivity index (χ3v) is 7.07. The van der Waals surface area contributed by atoms with E-state index < -0.39 is 18.2 Å². The summed E-state index contributed by atoms with van der Waals surface area (Å²) in [6, 6.07) is 0. The molecular formula is C23H34O4. The quantitative estimate of drug-likeness (QED) is 0.389. The van der Waals surface area contributed by atoms with Crippen LogP contribution in [0.5, 0.6) is 0 Å². The van der Waals surface area contributed by atoms with Gasteiger partial charge in [-0.2, -0.15) is 0 Å². The van der Waals surface area contributed by atoms with Crippen molar-refractivity contribution in [2.45, 2.75) is 83.3 Å². The Morgan fingerprint density at radius 2 is 1.96 bits per heavy atom. The van der Waals surface area contributed by atoms with Crippen LogP contribution in [0.2, 0.25) is 0 Å². The van der Waals surface area contributed by atoms with Gasteiger partial charge in [0, 0.05) is 6.42 Å². The van der Waals surface area contributed by atoms with Gasteiger partial charge in [-0.1, -0.05) is 49.7 Å². The van der Waals surface area contributed by atoms with Gasteiger partial charge < -0.3 is 15.3 Å². The summed E-state index contributed by atoms with van der Waals surface area (Å²) >= 11 is 0. The number of fused-ring (bicyclic) bond motifs is 1. The molecule has 3 fully saturated rings. The van der Waals surface area contributed by atoms with E-state index in [1.807, 2.05) is 0 Å². The maximum absolute atomic E-state index is 10.7. The number of unbranched alkanes of at least 4 members (excludes halogenated alkanes) is 1. The van der Waals surface area contributed by atoms with Crippen LogP contribution in [-0.4, -0.2) is 33.5 Å². The Bertz CT molecular complexity index is 608. The first-order valence-electron chi connectivity index (χ1n) is 10.8. The monoisotopic (exact) mass is 374 g/mol. The number of aliphatic hydroxyl groups is 2. The van der Waals surface area contributed by atoms with Crippen molar-refractivity contribution in [1.29, 1.82) is 0 Å². The Morgan fingerprint density at radius 1 is 1.22 bits per heavy atom. The van der Waals surface area contributed by atoms with Crippen LogP contribution < -0.4 is 0 Å². The van der Waals surface area contributed by atoms with E-state index in [1.165, 1.54) is 24.8 Å². The number of allylic oxidation sites excluding steroid dienone is 2. The Balaban J connectivity index is 1.61. The lowest BCUT2D eigenvalue weighted by molar-refractivity contribution is -0.137. The van der Waals surface area contributed by atoms with E-state index in [9.17, 15) is 15.0 Å². The van der Waals surface area contributed by atoms with Crippen LogP contribution >= 0.6 is 0 Å². The zero-order valence-corrected chi connectivity index (χ0v) is 16.4. The number of rotatable bonds is 5. The van der Waals surface area contributed by atoms with Gasteiger partial charge in [0.25, 0.3) is 0 Å². The third kappa shape index (κ3) is 4.76. The van der Waals surface area contributed by atoms with E-state index in [2.05, 4.69) is 24.8 Å². The summed E-state index contributed by atoms with van der Waals surface area (Å²) in [6.45, 7) is 2.20. The fourth-order valence-electron chi connectivity index (χ4n) is 5.52. The van der Waals surface area contributed by atoms with Crippen molar-refractivity contribution in [3.8, 4) is 11.8 Å². The van der Waals surface area contributed by atoms with Gasteiger partial charge in [-0.25, -0.2) is 0 Å². The molecule has 150 valence electrons. The highest BCUT2D eigenvalue weighted by molar-refractivity contribution is 5.66. The lowest BCUT2D eigenvalue weighted by atomic mass is 9.51. The first-order valence-corrected chi connectivity index (χ1v) is 10.8. The van der Waals surface area contributed by atoms with Crippen LogP contribution in [0.3, 0.4) is 0 Å². The highest BCUT2D eigenvalue weighted by Crippen LogP contribution is 2.55. The average molecular weight is 375 g/mol. The minimum atomic E-state index is -0.736. The highest BCUT2D eigenvalue weighted by atomic mass is 16.4. The summed E-state index contributed by atoms with van der Waals surface area (Å²) in [6.07, 6.45) is 10.5. The smallest absolute Gasteiger partial charge is 0.303 e. The molecule has 0 bridgehead atoms. The summed E-state index contributed by atoms with van der Waals surface area (Å²) in [7, 11) is 0. The maximum atomic E-state index is 10.7. The molecule has 0 aliphatic heterocycles. The molecule has 0 saturated heterocycles. The molecule has 3 aliphatic rings. The molecule has 0 aromatic rings. The van der Waals surface area contributed by atoms with Crippen molar-refractivity contribution in [2.75, 3.05) is 0 Å². The van der Waals surface area contributed by atoms with Gasteiger partial charge in [-0.3, -0.25) is 4.79 Å². The molecule has 3 N–H and O–H groups in total. The Kier molecular flexibility index (Phi) is 7.00. The molecule has 0 unspecified atom stereocenters. The van der Waals surface area contributed by atoms with E-state index in [0.29, 0.717) is 30.1 Å². The SMILES string of the molecule is C[C@@H]1/C(=C\CCCC(=O)O)[C@@H]2CC[C@H](O)[C@@H](C#C[C@@H](O)C3CCCCC3)[C@H]12. The van der Waals surface area contributed by atoms with Crippen LogP contribution in [0, 0.1) is 41.4 Å². The minimum absolute atomic E-state index is 0.0480. The van der Waals surface area contributed by atoms with E-state index in [4.69, 9.17) is 5.11 Å². The summed E-state index contributed by atoms with van der Waals surface area (Å²) < 4.78 is 0. The van der Waals surface area contributed by atoms with E-state index >= 15 is 0 Å². The van der Waals surface area contributed by atoms with Crippen LogP contribution in [0.15, 0.2) is 11.6 Å². The molecule has 0 amide bonds. The number of carboxylic acid groups (broad SMARTS) is 1. The standard InChI is InChI=1S/C23H34O4/c1-15-17(9-5-6-10-22(26)27)18-11-14-21(25)19(23(15)18)12-13-20(24)16-7-3-2-4-8-16/h9,15-16,18-21,23-25H,2-8,10-11,14H2,1H3,(H,26,27)/b17-9+/t15-,18+,19-,20-,21+,23-/m1/s1. The van der Waals surface area contributed by atoms with Gasteiger partial charge in [-0.05, 0) is 62.2 Å². The lowest BCUT2D eigenvalue weighted by Crippen LogP contribution is -2.50. The van der Waals surface area contributed by atoms with Crippen LogP contribution in [-0.2, 0) is 4.79 Å². The van der Waals surface area contributed by atoms with Gasteiger partial charge in [0.2, 0.25) is 0 Å². The summed E-state index contributed by atoms with van der Waals surface area (Å²) in [4.78, 5) is 10.7. The van der Waals surface area contributed by atoms with Crippen LogP contribution in [0.4, 0.5) is 0 Å². The molecule has 0 radical (unpaired) electrons. The molecular weight excluding hydrogens is 340 g/mol. The number of hydrogen-bond donors (Lipinski definition) is 3. The maximum Gasteiger partial charge on any atom is 0.303 e. The molecule has 4 nitrogen and oxygen atoms in total. The summed E-state index contributed by atoms with van der Waals surface area (Å²) in [5, 5.41) is 29.7. The number of aliphatic carboxylic acids is 1. The first kappa shape index (κ1) is 20.4. The second-order valence-electron chi connectivity index (χ2n) is 8.76. The van der Waals surface area contributed by atoms with Crippen molar-refractivity contribution in [1.82, 2.24) is 0 Å². The molecule has 0 aromatic carbocycles. The van der Waals surface area contributed by atoms with E-state index in [0.717, 1.165) is 32.1 Å². The van der Waals surface area contributed by atoms with E-state index in [1.54, 1.807) is 0 Å². The van der Waals surface area contributed by atoms with Gasteiger partial charge >= 0.3 is 5.97 Å².